The van der Waals surface area contributed by atoms with Crippen molar-refractivity contribution < 1.29 is 4.79 Å². The van der Waals surface area contributed by atoms with Gasteiger partial charge < -0.3 is 10.2 Å². The Morgan fingerprint density at radius 3 is 2.75 bits per heavy atom. The van der Waals surface area contributed by atoms with Crippen LogP contribution in [0, 0.1) is 0 Å². The summed E-state index contributed by atoms with van der Waals surface area (Å²) in [5.74, 6) is 1.07. The molecule has 4 nitrogen and oxygen atoms in total. The van der Waals surface area contributed by atoms with Crippen molar-refractivity contribution in [2.45, 2.75) is 43.4 Å². The van der Waals surface area contributed by atoms with Gasteiger partial charge in [-0.2, -0.15) is 0 Å². The number of amides is 1. The summed E-state index contributed by atoms with van der Waals surface area (Å²) in [5, 5.41) is 4.07. The standard InChI is InChI=1S/C15H27N3OS/c19-15(12-20-14-4-6-16-7-5-14)18-10-2-9-17-8-1-3-13(17)11-18/h13-14,16H,1-12H2. The van der Waals surface area contributed by atoms with Crippen LogP contribution in [0.4, 0.5) is 0 Å². The Hall–Kier alpha value is -0.260. The minimum absolute atomic E-state index is 0.377. The number of piperidine rings is 1. The van der Waals surface area contributed by atoms with Crippen LogP contribution in [-0.2, 0) is 4.79 Å². The second-order valence-electron chi connectivity index (χ2n) is 6.29. The predicted molar refractivity (Wildman–Crippen MR) is 84.1 cm³/mol. The molecule has 3 aliphatic rings. The molecule has 3 fully saturated rings. The maximum Gasteiger partial charge on any atom is 0.232 e. The number of thioether (sulfide) groups is 1. The van der Waals surface area contributed by atoms with Gasteiger partial charge in [0.2, 0.25) is 5.91 Å². The number of fused-ring (bicyclic) bond motifs is 1. The lowest BCUT2D eigenvalue weighted by atomic mass is 10.2. The van der Waals surface area contributed by atoms with Crippen LogP contribution in [-0.4, -0.2) is 72.0 Å². The summed E-state index contributed by atoms with van der Waals surface area (Å²) in [4.78, 5) is 17.2. The molecule has 1 amide bonds. The van der Waals surface area contributed by atoms with Crippen molar-refractivity contribution in [2.24, 2.45) is 0 Å². The van der Waals surface area contributed by atoms with Crippen LogP contribution in [0.2, 0.25) is 0 Å². The third-order valence-corrected chi connectivity index (χ3v) is 6.24. The van der Waals surface area contributed by atoms with Gasteiger partial charge in [0, 0.05) is 30.9 Å². The van der Waals surface area contributed by atoms with Crippen molar-refractivity contribution in [3.05, 3.63) is 0 Å². The molecule has 3 rings (SSSR count). The molecule has 5 heteroatoms. The SMILES string of the molecule is O=C(CSC1CCNCC1)N1CCCN2CCCC2C1. The van der Waals surface area contributed by atoms with Gasteiger partial charge in [0.25, 0.3) is 0 Å². The van der Waals surface area contributed by atoms with Crippen LogP contribution < -0.4 is 5.32 Å². The molecular weight excluding hydrogens is 270 g/mol. The van der Waals surface area contributed by atoms with Crippen LogP contribution in [0.1, 0.15) is 32.1 Å². The smallest absolute Gasteiger partial charge is 0.232 e. The Balaban J connectivity index is 1.46. The summed E-state index contributed by atoms with van der Waals surface area (Å²) >= 11 is 1.89. The van der Waals surface area contributed by atoms with Crippen LogP contribution in [0.3, 0.4) is 0 Å². The molecule has 0 aromatic carbocycles. The molecular formula is C15H27N3OS. The zero-order chi connectivity index (χ0) is 13.8. The van der Waals surface area contributed by atoms with Gasteiger partial charge in [-0.15, -0.1) is 11.8 Å². The molecule has 0 aromatic rings. The monoisotopic (exact) mass is 297 g/mol. The van der Waals surface area contributed by atoms with E-state index in [1.165, 1.54) is 38.8 Å². The molecule has 3 aliphatic heterocycles. The van der Waals surface area contributed by atoms with Crippen LogP contribution >= 0.6 is 11.8 Å². The van der Waals surface area contributed by atoms with Gasteiger partial charge in [0.15, 0.2) is 0 Å². The summed E-state index contributed by atoms with van der Waals surface area (Å²) in [6.45, 7) is 6.62. The van der Waals surface area contributed by atoms with Crippen molar-refractivity contribution in [2.75, 3.05) is 45.0 Å². The summed E-state index contributed by atoms with van der Waals surface area (Å²) < 4.78 is 0. The first-order valence-electron chi connectivity index (χ1n) is 8.17. The highest BCUT2D eigenvalue weighted by Crippen LogP contribution is 2.23. The number of carbonyl (C=O) groups excluding carboxylic acids is 1. The van der Waals surface area contributed by atoms with E-state index in [4.69, 9.17) is 0 Å². The van der Waals surface area contributed by atoms with E-state index < -0.39 is 0 Å². The number of nitrogens with one attached hydrogen (secondary N) is 1. The predicted octanol–water partition coefficient (Wildman–Crippen LogP) is 1.17. The van der Waals surface area contributed by atoms with Crippen molar-refractivity contribution in [1.29, 1.82) is 0 Å². The van der Waals surface area contributed by atoms with E-state index in [0.29, 0.717) is 23.0 Å². The van der Waals surface area contributed by atoms with Gasteiger partial charge in [-0.25, -0.2) is 0 Å². The van der Waals surface area contributed by atoms with E-state index in [1.54, 1.807) is 0 Å². The Morgan fingerprint density at radius 2 is 1.90 bits per heavy atom. The highest BCUT2D eigenvalue weighted by Gasteiger charge is 2.30. The minimum atomic E-state index is 0.377. The van der Waals surface area contributed by atoms with Crippen LogP contribution in [0.15, 0.2) is 0 Å². The highest BCUT2D eigenvalue weighted by atomic mass is 32.2. The first-order valence-corrected chi connectivity index (χ1v) is 9.22. The van der Waals surface area contributed by atoms with Gasteiger partial charge in [-0.3, -0.25) is 9.69 Å². The quantitative estimate of drug-likeness (QED) is 0.848. The summed E-state index contributed by atoms with van der Waals surface area (Å²) in [5.41, 5.74) is 0. The molecule has 3 heterocycles. The van der Waals surface area contributed by atoms with E-state index in [9.17, 15) is 4.79 Å². The fraction of sp³-hybridized carbons (Fsp3) is 0.933. The maximum absolute atomic E-state index is 12.5. The van der Waals surface area contributed by atoms with Crippen molar-refractivity contribution in [3.8, 4) is 0 Å². The van der Waals surface area contributed by atoms with E-state index >= 15 is 0 Å². The fourth-order valence-electron chi connectivity index (χ4n) is 3.68. The second kappa shape index (κ2) is 7.14. The molecule has 0 radical (unpaired) electrons. The maximum atomic E-state index is 12.5. The first-order chi connectivity index (χ1) is 9.83. The number of hydrogen-bond donors (Lipinski definition) is 1. The molecule has 0 saturated carbocycles. The fourth-order valence-corrected chi connectivity index (χ4v) is 4.81. The third kappa shape index (κ3) is 3.68. The zero-order valence-electron chi connectivity index (χ0n) is 12.4. The minimum Gasteiger partial charge on any atom is -0.340 e. The average Bonchev–Trinajstić information content (AvgIpc) is 2.83. The van der Waals surface area contributed by atoms with Gasteiger partial charge in [0.1, 0.15) is 0 Å². The number of carbonyl (C=O) groups is 1. The highest BCUT2D eigenvalue weighted by molar-refractivity contribution is 8.00. The summed E-state index contributed by atoms with van der Waals surface area (Å²) in [6, 6.07) is 0.644. The third-order valence-electron chi connectivity index (χ3n) is 4.88. The van der Waals surface area contributed by atoms with Gasteiger partial charge >= 0.3 is 0 Å². The first kappa shape index (κ1) is 14.7. The van der Waals surface area contributed by atoms with Crippen molar-refractivity contribution >= 4 is 17.7 Å². The topological polar surface area (TPSA) is 35.6 Å². The van der Waals surface area contributed by atoms with E-state index in [2.05, 4.69) is 15.1 Å². The number of hydrogen-bond acceptors (Lipinski definition) is 4. The molecule has 3 saturated heterocycles. The molecule has 0 spiro atoms. The average molecular weight is 297 g/mol. The van der Waals surface area contributed by atoms with Gasteiger partial charge in [0.05, 0.1) is 5.75 Å². The largest absolute Gasteiger partial charge is 0.340 e. The van der Waals surface area contributed by atoms with E-state index in [-0.39, 0.29) is 0 Å². The lowest BCUT2D eigenvalue weighted by Crippen LogP contribution is -2.40. The molecule has 114 valence electrons. The Bertz CT molecular complexity index is 333. The molecule has 0 aliphatic carbocycles. The second-order valence-corrected chi connectivity index (χ2v) is 7.57. The molecule has 20 heavy (non-hydrogen) atoms. The lowest BCUT2D eigenvalue weighted by Gasteiger charge is -2.27. The lowest BCUT2D eigenvalue weighted by molar-refractivity contribution is -0.128. The number of nitrogens with zero attached hydrogens (tertiary/aromatic N) is 2. The van der Waals surface area contributed by atoms with Crippen LogP contribution in [0.25, 0.3) is 0 Å². The van der Waals surface area contributed by atoms with Gasteiger partial charge in [-0.1, -0.05) is 0 Å². The Kier molecular flexibility index (Phi) is 5.24. The number of rotatable bonds is 3. The van der Waals surface area contributed by atoms with E-state index in [1.807, 2.05) is 11.8 Å². The Labute approximate surface area is 126 Å². The van der Waals surface area contributed by atoms with E-state index in [0.717, 1.165) is 32.6 Å². The molecule has 0 aromatic heterocycles. The molecule has 1 unspecified atom stereocenters. The Morgan fingerprint density at radius 1 is 1.10 bits per heavy atom. The molecule has 1 atom stereocenters. The zero-order valence-corrected chi connectivity index (χ0v) is 13.2. The van der Waals surface area contributed by atoms with Crippen LogP contribution in [0.5, 0.6) is 0 Å². The van der Waals surface area contributed by atoms with Crippen molar-refractivity contribution in [1.82, 2.24) is 15.1 Å². The normalized spacial score (nSPS) is 29.2. The van der Waals surface area contributed by atoms with Gasteiger partial charge in [-0.05, 0) is 51.7 Å². The molecule has 1 N–H and O–H groups in total. The molecule has 0 bridgehead atoms. The van der Waals surface area contributed by atoms with Crippen molar-refractivity contribution in [3.63, 3.8) is 0 Å². The summed E-state index contributed by atoms with van der Waals surface area (Å²) in [7, 11) is 0. The summed E-state index contributed by atoms with van der Waals surface area (Å²) in [6.07, 6.45) is 6.19.